The second-order valence-corrected chi connectivity index (χ2v) is 9.06. The van der Waals surface area contributed by atoms with Crippen LogP contribution in [0.5, 0.6) is 0 Å². The number of imide groups is 1. The topological polar surface area (TPSA) is 124 Å². The number of rotatable bonds is 7. The van der Waals surface area contributed by atoms with Crippen molar-refractivity contribution < 1.29 is 37.1 Å². The van der Waals surface area contributed by atoms with Gasteiger partial charge in [-0.05, 0) is 44.0 Å². The van der Waals surface area contributed by atoms with Gasteiger partial charge in [0, 0.05) is 5.56 Å². The minimum absolute atomic E-state index is 0.0237. The molecular formula is C23H23NO8S. The highest BCUT2D eigenvalue weighted by Crippen LogP contribution is 2.33. The monoisotopic (exact) mass is 473 g/mol. The van der Waals surface area contributed by atoms with Crippen molar-refractivity contribution in [1.82, 2.24) is 4.31 Å². The molecule has 174 valence electrons. The summed E-state index contributed by atoms with van der Waals surface area (Å²) in [5, 5.41) is 0. The lowest BCUT2D eigenvalue weighted by atomic mass is 9.87. The van der Waals surface area contributed by atoms with E-state index in [4.69, 9.17) is 9.47 Å². The fraction of sp³-hybridized carbons (Fsp3) is 0.304. The molecule has 3 rings (SSSR count). The zero-order chi connectivity index (χ0) is 24.3. The molecule has 0 fully saturated rings. The fourth-order valence-electron chi connectivity index (χ4n) is 3.58. The van der Waals surface area contributed by atoms with Crippen molar-refractivity contribution in [2.45, 2.75) is 38.0 Å². The van der Waals surface area contributed by atoms with Crippen molar-refractivity contribution in [3.63, 3.8) is 0 Å². The smallest absolute Gasteiger partial charge is 0.324 e. The van der Waals surface area contributed by atoms with E-state index in [1.807, 2.05) is 0 Å². The summed E-state index contributed by atoms with van der Waals surface area (Å²) in [6.07, 6.45) is -0.404. The average Bonchev–Trinajstić information content (AvgIpc) is 2.74. The van der Waals surface area contributed by atoms with Gasteiger partial charge in [0.25, 0.3) is 15.9 Å². The predicted molar refractivity (Wildman–Crippen MR) is 116 cm³/mol. The number of hydrogen-bond acceptors (Lipinski definition) is 8. The average molecular weight is 474 g/mol. The van der Waals surface area contributed by atoms with Crippen LogP contribution in [0.15, 0.2) is 47.4 Å². The second-order valence-electron chi connectivity index (χ2n) is 7.28. The van der Waals surface area contributed by atoms with Crippen molar-refractivity contribution >= 4 is 33.8 Å². The number of carbonyl (C=O) groups is 4. The third kappa shape index (κ3) is 4.51. The highest BCUT2D eigenvalue weighted by Gasteiger charge is 2.44. The fourth-order valence-corrected chi connectivity index (χ4v) is 4.91. The highest BCUT2D eigenvalue weighted by molar-refractivity contribution is 7.90. The number of sulfonamides is 1. The minimum atomic E-state index is -4.52. The summed E-state index contributed by atoms with van der Waals surface area (Å²) in [7, 11) is -4.52. The van der Waals surface area contributed by atoms with Crippen LogP contribution in [0.2, 0.25) is 0 Å². The van der Waals surface area contributed by atoms with Crippen molar-refractivity contribution in [2.75, 3.05) is 13.2 Å². The van der Waals surface area contributed by atoms with E-state index in [1.54, 1.807) is 32.9 Å². The summed E-state index contributed by atoms with van der Waals surface area (Å²) >= 11 is 0. The SMILES string of the molecule is CCOC(=O)C(C(=O)OCC)c1cccc2c1C(=O)N(S(=O)(=O)c1ccc(C)cc1)C(=O)C2. The molecular weight excluding hydrogens is 450 g/mol. The molecule has 1 aliphatic heterocycles. The number of aryl methyl sites for hydroxylation is 1. The Kier molecular flexibility index (Phi) is 6.97. The lowest BCUT2D eigenvalue weighted by Gasteiger charge is -2.29. The summed E-state index contributed by atoms with van der Waals surface area (Å²) < 4.78 is 36.6. The lowest BCUT2D eigenvalue weighted by molar-refractivity contribution is -0.157. The van der Waals surface area contributed by atoms with E-state index in [0.29, 0.717) is 0 Å². The molecule has 1 heterocycles. The molecule has 2 amide bonds. The maximum atomic E-state index is 13.4. The van der Waals surface area contributed by atoms with E-state index in [1.165, 1.54) is 30.3 Å². The Morgan fingerprint density at radius 2 is 1.55 bits per heavy atom. The molecule has 0 saturated heterocycles. The van der Waals surface area contributed by atoms with Crippen LogP contribution in [-0.2, 0) is 40.3 Å². The Labute approximate surface area is 191 Å². The van der Waals surface area contributed by atoms with Gasteiger partial charge in [0.05, 0.1) is 24.5 Å². The summed E-state index contributed by atoms with van der Waals surface area (Å²) in [6.45, 7) is 4.83. The first-order valence-corrected chi connectivity index (χ1v) is 11.7. The van der Waals surface area contributed by atoms with Crippen LogP contribution in [0.4, 0.5) is 0 Å². The van der Waals surface area contributed by atoms with Gasteiger partial charge >= 0.3 is 11.9 Å². The molecule has 9 nitrogen and oxygen atoms in total. The zero-order valence-corrected chi connectivity index (χ0v) is 19.2. The van der Waals surface area contributed by atoms with Gasteiger partial charge in [-0.3, -0.25) is 19.2 Å². The van der Waals surface area contributed by atoms with Gasteiger partial charge in [0.15, 0.2) is 5.92 Å². The van der Waals surface area contributed by atoms with Gasteiger partial charge < -0.3 is 9.47 Å². The third-order valence-corrected chi connectivity index (χ3v) is 6.78. The number of fused-ring (bicyclic) bond motifs is 1. The van der Waals surface area contributed by atoms with Crippen LogP contribution >= 0.6 is 0 Å². The molecule has 0 atom stereocenters. The van der Waals surface area contributed by atoms with E-state index in [-0.39, 0.29) is 39.1 Å². The van der Waals surface area contributed by atoms with Gasteiger partial charge in [0.2, 0.25) is 5.91 Å². The van der Waals surface area contributed by atoms with Crippen molar-refractivity contribution in [3.05, 3.63) is 64.7 Å². The standard InChI is InChI=1S/C23H23NO8S/c1-4-31-22(27)20(23(28)32-5-2)17-8-6-7-15-13-18(25)24(21(26)19(15)17)33(29,30)16-11-9-14(3)10-12-16/h6-12,20H,4-5,13H2,1-3H3. The van der Waals surface area contributed by atoms with Crippen molar-refractivity contribution in [3.8, 4) is 0 Å². The van der Waals surface area contributed by atoms with Crippen molar-refractivity contribution in [1.29, 1.82) is 0 Å². The Hall–Kier alpha value is -3.53. The zero-order valence-electron chi connectivity index (χ0n) is 18.4. The quantitative estimate of drug-likeness (QED) is 0.340. The van der Waals surface area contributed by atoms with E-state index in [2.05, 4.69) is 0 Å². The maximum absolute atomic E-state index is 13.4. The van der Waals surface area contributed by atoms with E-state index >= 15 is 0 Å². The number of esters is 2. The first-order valence-electron chi connectivity index (χ1n) is 10.3. The Morgan fingerprint density at radius 1 is 0.970 bits per heavy atom. The molecule has 0 spiro atoms. The maximum Gasteiger partial charge on any atom is 0.324 e. The summed E-state index contributed by atoms with van der Waals surface area (Å²) in [5.41, 5.74) is 0.714. The largest absolute Gasteiger partial charge is 0.465 e. The molecule has 0 unspecified atom stereocenters. The molecule has 0 N–H and O–H groups in total. The molecule has 33 heavy (non-hydrogen) atoms. The summed E-state index contributed by atoms with van der Waals surface area (Å²) in [5.74, 6) is -5.57. The predicted octanol–water partition coefficient (Wildman–Crippen LogP) is 2.12. The molecule has 0 bridgehead atoms. The normalized spacial score (nSPS) is 13.6. The number of nitrogens with zero attached hydrogens (tertiary/aromatic N) is 1. The van der Waals surface area contributed by atoms with E-state index in [0.717, 1.165) is 5.56 Å². The van der Waals surface area contributed by atoms with Gasteiger partial charge in [-0.25, -0.2) is 8.42 Å². The van der Waals surface area contributed by atoms with Crippen LogP contribution in [0, 0.1) is 6.92 Å². The molecule has 0 aliphatic carbocycles. The van der Waals surface area contributed by atoms with Crippen LogP contribution in [0.3, 0.4) is 0 Å². The van der Waals surface area contributed by atoms with Gasteiger partial charge in [-0.1, -0.05) is 35.9 Å². The van der Waals surface area contributed by atoms with Gasteiger partial charge in [0.1, 0.15) is 0 Å². The Balaban J connectivity index is 2.16. The van der Waals surface area contributed by atoms with Gasteiger partial charge in [-0.15, -0.1) is 0 Å². The van der Waals surface area contributed by atoms with Crippen LogP contribution in [-0.4, -0.2) is 49.7 Å². The number of hydrogen-bond donors (Lipinski definition) is 0. The second kappa shape index (κ2) is 9.53. The number of ether oxygens (including phenoxy) is 2. The molecule has 0 aromatic heterocycles. The van der Waals surface area contributed by atoms with Gasteiger partial charge in [-0.2, -0.15) is 4.31 Å². The van der Waals surface area contributed by atoms with Crippen LogP contribution in [0.25, 0.3) is 0 Å². The summed E-state index contributed by atoms with van der Waals surface area (Å²) in [4.78, 5) is 51.2. The molecule has 0 radical (unpaired) electrons. The first kappa shape index (κ1) is 24.1. The van der Waals surface area contributed by atoms with Crippen molar-refractivity contribution in [2.24, 2.45) is 0 Å². The Bertz CT molecular complexity index is 1200. The molecule has 1 aliphatic rings. The van der Waals surface area contributed by atoms with E-state index in [9.17, 15) is 27.6 Å². The Morgan fingerprint density at radius 3 is 2.09 bits per heavy atom. The highest BCUT2D eigenvalue weighted by atomic mass is 32.2. The molecule has 0 saturated carbocycles. The molecule has 10 heteroatoms. The van der Waals surface area contributed by atoms with Crippen LogP contribution < -0.4 is 0 Å². The van der Waals surface area contributed by atoms with E-state index < -0.39 is 46.1 Å². The number of benzene rings is 2. The number of carbonyl (C=O) groups excluding carboxylic acids is 4. The molecule has 2 aromatic rings. The summed E-state index contributed by atoms with van der Waals surface area (Å²) in [6, 6.07) is 9.98. The first-order chi connectivity index (χ1) is 15.6. The molecule has 2 aromatic carbocycles. The van der Waals surface area contributed by atoms with Crippen LogP contribution in [0.1, 0.15) is 46.8 Å². The lowest BCUT2D eigenvalue weighted by Crippen LogP contribution is -2.47. The number of amides is 2. The third-order valence-electron chi connectivity index (χ3n) is 5.06. The minimum Gasteiger partial charge on any atom is -0.465 e.